The van der Waals surface area contributed by atoms with Crippen molar-refractivity contribution in [3.8, 4) is 0 Å². The maximum atomic E-state index is 12.5. The number of hydrogen-bond acceptors (Lipinski definition) is 3. The lowest BCUT2D eigenvalue weighted by molar-refractivity contribution is -0.122. The normalized spacial score (nSPS) is 16.6. The number of sulfonamides is 1. The molecule has 0 bridgehead atoms. The van der Waals surface area contributed by atoms with Gasteiger partial charge in [-0.3, -0.25) is 4.79 Å². The van der Waals surface area contributed by atoms with E-state index in [1.807, 2.05) is 20.8 Å². The maximum Gasteiger partial charge on any atom is 0.240 e. The van der Waals surface area contributed by atoms with Crippen molar-refractivity contribution in [3.63, 3.8) is 0 Å². The van der Waals surface area contributed by atoms with Gasteiger partial charge in [-0.2, -0.15) is 0 Å². The van der Waals surface area contributed by atoms with E-state index in [2.05, 4.69) is 10.0 Å². The van der Waals surface area contributed by atoms with Gasteiger partial charge in [0.25, 0.3) is 0 Å². The van der Waals surface area contributed by atoms with Crippen LogP contribution in [0.4, 0.5) is 0 Å². The summed E-state index contributed by atoms with van der Waals surface area (Å²) in [7, 11) is -3.46. The SMILES string of the molecule is CC(C)(C)NC(=O)CCc1ccc(S(=O)(=O)NC2CCCCC2)cc1. The van der Waals surface area contributed by atoms with Gasteiger partial charge in [0.2, 0.25) is 15.9 Å². The molecule has 1 amide bonds. The number of rotatable bonds is 6. The standard InChI is InChI=1S/C19H30N2O3S/c1-19(2,3)20-18(22)14-11-15-9-12-17(13-10-15)25(23,24)21-16-7-5-4-6-8-16/h9-10,12-13,16,21H,4-8,11,14H2,1-3H3,(H,20,22). The lowest BCUT2D eigenvalue weighted by Crippen LogP contribution is -2.40. The molecule has 0 spiro atoms. The topological polar surface area (TPSA) is 75.3 Å². The van der Waals surface area contributed by atoms with E-state index in [9.17, 15) is 13.2 Å². The van der Waals surface area contributed by atoms with Crippen LogP contribution in [0.5, 0.6) is 0 Å². The van der Waals surface area contributed by atoms with Crippen molar-refractivity contribution in [2.24, 2.45) is 0 Å². The molecule has 6 heteroatoms. The van der Waals surface area contributed by atoms with Crippen LogP contribution in [-0.2, 0) is 21.2 Å². The molecular weight excluding hydrogens is 336 g/mol. The van der Waals surface area contributed by atoms with Crippen LogP contribution >= 0.6 is 0 Å². The first-order valence-corrected chi connectivity index (χ1v) is 10.6. The molecule has 2 rings (SSSR count). The van der Waals surface area contributed by atoms with Crippen molar-refractivity contribution >= 4 is 15.9 Å². The molecule has 0 unspecified atom stereocenters. The summed E-state index contributed by atoms with van der Waals surface area (Å²) in [4.78, 5) is 12.2. The van der Waals surface area contributed by atoms with E-state index in [1.165, 1.54) is 6.42 Å². The van der Waals surface area contributed by atoms with E-state index < -0.39 is 10.0 Å². The van der Waals surface area contributed by atoms with E-state index in [-0.39, 0.29) is 17.5 Å². The zero-order valence-electron chi connectivity index (χ0n) is 15.5. The van der Waals surface area contributed by atoms with Crippen LogP contribution in [0.25, 0.3) is 0 Å². The van der Waals surface area contributed by atoms with Crippen LogP contribution in [0.2, 0.25) is 0 Å². The molecule has 1 aromatic rings. The Labute approximate surface area is 151 Å². The number of benzene rings is 1. The Balaban J connectivity index is 1.91. The summed E-state index contributed by atoms with van der Waals surface area (Å²) in [5.74, 6) is 0.00293. The molecule has 0 radical (unpaired) electrons. The maximum absolute atomic E-state index is 12.5. The molecule has 0 saturated heterocycles. The number of amides is 1. The van der Waals surface area contributed by atoms with Gasteiger partial charge < -0.3 is 5.32 Å². The van der Waals surface area contributed by atoms with Crippen molar-refractivity contribution in [2.45, 2.75) is 82.2 Å². The first kappa shape index (κ1) is 19.9. The molecule has 0 aliphatic heterocycles. The second kappa shape index (κ2) is 8.32. The van der Waals surface area contributed by atoms with Crippen molar-refractivity contribution in [2.75, 3.05) is 0 Å². The molecule has 1 aliphatic rings. The average molecular weight is 367 g/mol. The van der Waals surface area contributed by atoms with Gasteiger partial charge in [-0.15, -0.1) is 0 Å². The molecule has 2 N–H and O–H groups in total. The van der Waals surface area contributed by atoms with Gasteiger partial charge in [0, 0.05) is 18.0 Å². The Hall–Kier alpha value is -1.40. The molecule has 0 aromatic heterocycles. The van der Waals surface area contributed by atoms with Crippen LogP contribution in [0.15, 0.2) is 29.2 Å². The minimum Gasteiger partial charge on any atom is -0.351 e. The third-order valence-corrected chi connectivity index (χ3v) is 5.85. The summed E-state index contributed by atoms with van der Waals surface area (Å²) in [6.45, 7) is 5.84. The Bertz CT molecular complexity index is 670. The van der Waals surface area contributed by atoms with Crippen LogP contribution in [0.3, 0.4) is 0 Å². The first-order chi connectivity index (χ1) is 11.7. The first-order valence-electron chi connectivity index (χ1n) is 9.08. The molecule has 1 aliphatic carbocycles. The zero-order chi connectivity index (χ0) is 18.5. The lowest BCUT2D eigenvalue weighted by Gasteiger charge is -2.22. The highest BCUT2D eigenvalue weighted by Gasteiger charge is 2.21. The summed E-state index contributed by atoms with van der Waals surface area (Å²) in [5, 5.41) is 2.93. The summed E-state index contributed by atoms with van der Waals surface area (Å²) in [6.07, 6.45) is 6.18. The van der Waals surface area contributed by atoms with Gasteiger partial charge in [0.1, 0.15) is 0 Å². The fourth-order valence-corrected chi connectivity index (χ4v) is 4.39. The molecule has 1 saturated carbocycles. The average Bonchev–Trinajstić information content (AvgIpc) is 2.52. The Morgan fingerprint density at radius 1 is 1.08 bits per heavy atom. The molecule has 140 valence electrons. The highest BCUT2D eigenvalue weighted by Crippen LogP contribution is 2.20. The van der Waals surface area contributed by atoms with Gasteiger partial charge in [-0.1, -0.05) is 31.4 Å². The third-order valence-electron chi connectivity index (χ3n) is 4.32. The molecule has 25 heavy (non-hydrogen) atoms. The van der Waals surface area contributed by atoms with Gasteiger partial charge in [0.15, 0.2) is 0 Å². The summed E-state index contributed by atoms with van der Waals surface area (Å²) >= 11 is 0. The summed E-state index contributed by atoms with van der Waals surface area (Å²) in [5.41, 5.74) is 0.723. The minimum atomic E-state index is -3.46. The minimum absolute atomic E-state index is 0.00293. The molecule has 0 heterocycles. The van der Waals surface area contributed by atoms with Crippen molar-refractivity contribution < 1.29 is 13.2 Å². The Morgan fingerprint density at radius 3 is 2.24 bits per heavy atom. The van der Waals surface area contributed by atoms with E-state index >= 15 is 0 Å². The lowest BCUT2D eigenvalue weighted by atomic mass is 9.96. The molecule has 0 atom stereocenters. The Morgan fingerprint density at radius 2 is 1.68 bits per heavy atom. The fraction of sp³-hybridized carbons (Fsp3) is 0.632. The summed E-state index contributed by atoms with van der Waals surface area (Å²) in [6, 6.07) is 6.89. The van der Waals surface area contributed by atoms with Crippen LogP contribution in [0.1, 0.15) is 64.9 Å². The highest BCUT2D eigenvalue weighted by molar-refractivity contribution is 7.89. The number of nitrogens with one attached hydrogen (secondary N) is 2. The smallest absolute Gasteiger partial charge is 0.240 e. The number of hydrogen-bond donors (Lipinski definition) is 2. The molecular formula is C19H30N2O3S. The fourth-order valence-electron chi connectivity index (χ4n) is 3.08. The largest absolute Gasteiger partial charge is 0.351 e. The highest BCUT2D eigenvalue weighted by atomic mass is 32.2. The van der Waals surface area contributed by atoms with E-state index in [0.717, 1.165) is 31.2 Å². The van der Waals surface area contributed by atoms with E-state index in [4.69, 9.17) is 0 Å². The van der Waals surface area contributed by atoms with Crippen LogP contribution in [0, 0.1) is 0 Å². The predicted octanol–water partition coefficient (Wildman–Crippen LogP) is 3.14. The van der Waals surface area contributed by atoms with Crippen molar-refractivity contribution in [1.29, 1.82) is 0 Å². The molecule has 5 nitrogen and oxygen atoms in total. The van der Waals surface area contributed by atoms with Crippen LogP contribution in [-0.4, -0.2) is 25.9 Å². The van der Waals surface area contributed by atoms with Crippen molar-refractivity contribution in [1.82, 2.24) is 10.0 Å². The van der Waals surface area contributed by atoms with Gasteiger partial charge in [0.05, 0.1) is 4.90 Å². The van der Waals surface area contributed by atoms with E-state index in [1.54, 1.807) is 24.3 Å². The summed E-state index contributed by atoms with van der Waals surface area (Å²) < 4.78 is 27.7. The Kier molecular flexibility index (Phi) is 6.63. The molecule has 1 fully saturated rings. The van der Waals surface area contributed by atoms with Crippen LogP contribution < -0.4 is 10.0 Å². The monoisotopic (exact) mass is 366 g/mol. The second-order valence-corrected chi connectivity index (χ2v) is 9.61. The predicted molar refractivity (Wildman–Crippen MR) is 99.9 cm³/mol. The quantitative estimate of drug-likeness (QED) is 0.812. The number of carbonyl (C=O) groups is 1. The number of carbonyl (C=O) groups excluding carboxylic acids is 1. The third kappa shape index (κ3) is 6.78. The van der Waals surface area contributed by atoms with Gasteiger partial charge in [-0.25, -0.2) is 13.1 Å². The zero-order valence-corrected chi connectivity index (χ0v) is 16.3. The second-order valence-electron chi connectivity index (χ2n) is 7.90. The van der Waals surface area contributed by atoms with E-state index in [0.29, 0.717) is 17.7 Å². The number of aryl methyl sites for hydroxylation is 1. The van der Waals surface area contributed by atoms with Gasteiger partial charge >= 0.3 is 0 Å². The van der Waals surface area contributed by atoms with Gasteiger partial charge in [-0.05, 0) is 57.7 Å². The molecule has 1 aromatic carbocycles. The van der Waals surface area contributed by atoms with Crippen molar-refractivity contribution in [3.05, 3.63) is 29.8 Å².